The first-order valence-corrected chi connectivity index (χ1v) is 5.81. The Hall–Kier alpha value is -1.46. The molecule has 1 N–H and O–H groups in total. The van der Waals surface area contributed by atoms with E-state index in [-0.39, 0.29) is 6.61 Å². The summed E-state index contributed by atoms with van der Waals surface area (Å²) in [5.41, 5.74) is 0.969. The third-order valence-electron chi connectivity index (χ3n) is 3.29. The van der Waals surface area contributed by atoms with Crippen LogP contribution in [-0.4, -0.2) is 47.9 Å². The zero-order valence-electron chi connectivity index (χ0n) is 10.1. The highest BCUT2D eigenvalue weighted by atomic mass is 19.1. The summed E-state index contributed by atoms with van der Waals surface area (Å²) in [7, 11) is 1.24. The number of carbonyl (C=O) groups excluding carboxylic acids is 1. The van der Waals surface area contributed by atoms with Crippen molar-refractivity contribution in [3.63, 3.8) is 0 Å². The van der Waals surface area contributed by atoms with E-state index < -0.39 is 24.2 Å². The highest BCUT2D eigenvalue weighted by molar-refractivity contribution is 5.78. The number of likely N-dealkylation sites (tertiary alicyclic amines) is 1. The van der Waals surface area contributed by atoms with Gasteiger partial charge in [0.15, 0.2) is 0 Å². The molecule has 4 nitrogen and oxygen atoms in total. The van der Waals surface area contributed by atoms with Gasteiger partial charge in [-0.3, -0.25) is 9.69 Å². The molecule has 3 atom stereocenters. The zero-order chi connectivity index (χ0) is 13.1. The maximum atomic E-state index is 13.7. The number of aliphatic hydroxyl groups excluding tert-OH is 1. The Bertz CT molecular complexity index is 412. The second kappa shape index (κ2) is 5.46. The first kappa shape index (κ1) is 13.0. The lowest BCUT2D eigenvalue weighted by Crippen LogP contribution is -2.69. The molecule has 1 aliphatic rings. The molecule has 0 radical (unpaired) electrons. The third kappa shape index (κ3) is 2.23. The number of ether oxygens (including phenoxy) is 1. The molecule has 1 aromatic carbocycles. The second-order valence-electron chi connectivity index (χ2n) is 4.32. The smallest absolute Gasteiger partial charge is 0.326 e. The van der Waals surface area contributed by atoms with Gasteiger partial charge in [0, 0.05) is 6.54 Å². The largest absolute Gasteiger partial charge is 0.468 e. The molecule has 0 amide bonds. The van der Waals surface area contributed by atoms with E-state index in [4.69, 9.17) is 5.11 Å². The Balaban J connectivity index is 2.10. The van der Waals surface area contributed by atoms with Gasteiger partial charge >= 0.3 is 5.97 Å². The van der Waals surface area contributed by atoms with E-state index in [1.807, 2.05) is 30.3 Å². The predicted octanol–water partition coefficient (Wildman–Crippen LogP) is 0.743. The normalized spacial score (nSPS) is 27.6. The van der Waals surface area contributed by atoms with Crippen LogP contribution in [0.5, 0.6) is 0 Å². The number of hydrogen-bond acceptors (Lipinski definition) is 4. The molecule has 0 bridgehead atoms. The fraction of sp³-hybridized carbons (Fsp3) is 0.462. The van der Waals surface area contributed by atoms with Gasteiger partial charge in [-0.15, -0.1) is 0 Å². The Morgan fingerprint density at radius 2 is 2.11 bits per heavy atom. The van der Waals surface area contributed by atoms with Crippen LogP contribution >= 0.6 is 0 Å². The second-order valence-corrected chi connectivity index (χ2v) is 4.32. The third-order valence-corrected chi connectivity index (χ3v) is 3.29. The summed E-state index contributed by atoms with van der Waals surface area (Å²) in [6, 6.07) is 7.90. The van der Waals surface area contributed by atoms with E-state index in [1.165, 1.54) is 7.11 Å². The lowest BCUT2D eigenvalue weighted by atomic mass is 9.90. The molecule has 0 unspecified atom stereocenters. The summed E-state index contributed by atoms with van der Waals surface area (Å²) >= 11 is 0. The van der Waals surface area contributed by atoms with Gasteiger partial charge in [-0.25, -0.2) is 4.39 Å². The van der Waals surface area contributed by atoms with Crippen LogP contribution in [0.4, 0.5) is 4.39 Å². The maximum Gasteiger partial charge on any atom is 0.326 e. The van der Waals surface area contributed by atoms with E-state index in [0.29, 0.717) is 6.54 Å². The van der Waals surface area contributed by atoms with Gasteiger partial charge in [-0.05, 0) is 5.56 Å². The van der Waals surface area contributed by atoms with Crippen molar-refractivity contribution in [2.24, 2.45) is 0 Å². The van der Waals surface area contributed by atoms with Crippen LogP contribution in [0.3, 0.4) is 0 Å². The average Bonchev–Trinajstić information content (AvgIpc) is 2.40. The van der Waals surface area contributed by atoms with Crippen molar-refractivity contribution in [2.45, 2.75) is 24.8 Å². The van der Waals surface area contributed by atoms with Crippen LogP contribution in [0.2, 0.25) is 0 Å². The summed E-state index contributed by atoms with van der Waals surface area (Å²) in [4.78, 5) is 13.1. The standard InChI is InChI=1S/C13H16FNO3/c1-18-13(17)12-11(14)10(8-16)15(12)7-9-5-3-2-4-6-9/h2-6,10-12,16H,7-8H2,1H3/t10-,11-,12-/m0/s1. The number of halogens is 1. The van der Waals surface area contributed by atoms with Crippen LogP contribution in [-0.2, 0) is 16.1 Å². The molecule has 2 rings (SSSR count). The minimum absolute atomic E-state index is 0.304. The molecule has 1 aromatic rings. The lowest BCUT2D eigenvalue weighted by molar-refractivity contribution is -0.171. The van der Waals surface area contributed by atoms with Gasteiger partial charge < -0.3 is 9.84 Å². The number of esters is 1. The van der Waals surface area contributed by atoms with Crippen LogP contribution < -0.4 is 0 Å². The highest BCUT2D eigenvalue weighted by Crippen LogP contribution is 2.31. The molecule has 1 heterocycles. The summed E-state index contributed by atoms with van der Waals surface area (Å²) in [6.45, 7) is 0.119. The lowest BCUT2D eigenvalue weighted by Gasteiger charge is -2.48. The van der Waals surface area contributed by atoms with Crippen molar-refractivity contribution in [3.05, 3.63) is 35.9 Å². The van der Waals surface area contributed by atoms with Gasteiger partial charge in [0.25, 0.3) is 0 Å². The van der Waals surface area contributed by atoms with Crippen molar-refractivity contribution in [1.82, 2.24) is 4.90 Å². The Morgan fingerprint density at radius 1 is 1.44 bits per heavy atom. The highest BCUT2D eigenvalue weighted by Gasteiger charge is 2.53. The number of carbonyl (C=O) groups is 1. The summed E-state index contributed by atoms with van der Waals surface area (Å²) < 4.78 is 18.3. The zero-order valence-corrected chi connectivity index (χ0v) is 10.1. The van der Waals surface area contributed by atoms with E-state index in [1.54, 1.807) is 4.90 Å². The number of methoxy groups -OCH3 is 1. The molecule has 1 saturated heterocycles. The summed E-state index contributed by atoms with van der Waals surface area (Å²) in [5.74, 6) is -0.594. The number of rotatable bonds is 4. The predicted molar refractivity (Wildman–Crippen MR) is 63.6 cm³/mol. The molecular formula is C13H16FNO3. The number of benzene rings is 1. The molecule has 0 spiro atoms. The Morgan fingerprint density at radius 3 is 2.67 bits per heavy atom. The summed E-state index contributed by atoms with van der Waals surface area (Å²) in [6.07, 6.45) is -1.37. The average molecular weight is 253 g/mol. The number of aliphatic hydroxyl groups is 1. The first-order chi connectivity index (χ1) is 8.69. The fourth-order valence-electron chi connectivity index (χ4n) is 2.28. The van der Waals surface area contributed by atoms with Crippen molar-refractivity contribution in [1.29, 1.82) is 0 Å². The molecule has 5 heteroatoms. The molecule has 98 valence electrons. The van der Waals surface area contributed by atoms with Crippen LogP contribution in [0.1, 0.15) is 5.56 Å². The van der Waals surface area contributed by atoms with Crippen LogP contribution in [0.25, 0.3) is 0 Å². The van der Waals surface area contributed by atoms with Gasteiger partial charge in [-0.1, -0.05) is 30.3 Å². The van der Waals surface area contributed by atoms with Crippen molar-refractivity contribution < 1.29 is 19.0 Å². The van der Waals surface area contributed by atoms with Crippen molar-refractivity contribution in [3.8, 4) is 0 Å². The van der Waals surface area contributed by atoms with Crippen molar-refractivity contribution >= 4 is 5.97 Å². The molecule has 0 aromatic heterocycles. The van der Waals surface area contributed by atoms with Crippen molar-refractivity contribution in [2.75, 3.05) is 13.7 Å². The van der Waals surface area contributed by atoms with Crippen LogP contribution in [0, 0.1) is 0 Å². The van der Waals surface area contributed by atoms with E-state index >= 15 is 0 Å². The number of hydrogen-bond donors (Lipinski definition) is 1. The number of alkyl halides is 1. The van der Waals surface area contributed by atoms with E-state index in [2.05, 4.69) is 4.74 Å². The van der Waals surface area contributed by atoms with Gasteiger partial charge in [-0.2, -0.15) is 0 Å². The van der Waals surface area contributed by atoms with Crippen LogP contribution in [0.15, 0.2) is 30.3 Å². The Labute approximate surface area is 105 Å². The van der Waals surface area contributed by atoms with Gasteiger partial charge in [0.1, 0.15) is 12.2 Å². The van der Waals surface area contributed by atoms with E-state index in [9.17, 15) is 9.18 Å². The minimum atomic E-state index is -1.37. The maximum absolute atomic E-state index is 13.7. The molecule has 18 heavy (non-hydrogen) atoms. The fourth-order valence-corrected chi connectivity index (χ4v) is 2.28. The SMILES string of the molecule is COC(=O)[C@@H]1[C@@H](F)[C@H](CO)N1Cc1ccccc1. The minimum Gasteiger partial charge on any atom is -0.468 e. The van der Waals surface area contributed by atoms with Gasteiger partial charge in [0.05, 0.1) is 19.8 Å². The molecule has 1 aliphatic heterocycles. The Kier molecular flexibility index (Phi) is 3.93. The van der Waals surface area contributed by atoms with Gasteiger partial charge in [0.2, 0.25) is 0 Å². The quantitative estimate of drug-likeness (QED) is 0.804. The molecular weight excluding hydrogens is 237 g/mol. The van der Waals surface area contributed by atoms with E-state index in [0.717, 1.165) is 5.56 Å². The molecule has 0 saturated carbocycles. The monoisotopic (exact) mass is 253 g/mol. The molecule has 1 fully saturated rings. The summed E-state index contributed by atoms with van der Waals surface area (Å²) in [5, 5.41) is 9.14. The topological polar surface area (TPSA) is 49.8 Å². The first-order valence-electron chi connectivity index (χ1n) is 5.81. The molecule has 0 aliphatic carbocycles. The number of nitrogens with zero attached hydrogens (tertiary/aromatic N) is 1.